The van der Waals surface area contributed by atoms with Crippen molar-refractivity contribution in [3.63, 3.8) is 0 Å². The summed E-state index contributed by atoms with van der Waals surface area (Å²) in [4.78, 5) is 30.6. The lowest BCUT2D eigenvalue weighted by molar-refractivity contribution is -0.150. The number of esters is 1. The number of benzene rings is 2. The van der Waals surface area contributed by atoms with E-state index >= 15 is 0 Å². The number of halogens is 3. The number of rotatable bonds is 11. The van der Waals surface area contributed by atoms with Crippen LogP contribution < -0.4 is 15.3 Å². The molecule has 0 saturated heterocycles. The van der Waals surface area contributed by atoms with Gasteiger partial charge in [-0.3, -0.25) is 14.6 Å². The van der Waals surface area contributed by atoms with Gasteiger partial charge in [-0.1, -0.05) is 12.1 Å². The van der Waals surface area contributed by atoms with Gasteiger partial charge in [-0.15, -0.1) is 16.5 Å². The average molecular weight is 629 g/mol. The first kappa shape index (κ1) is 31.0. The highest BCUT2D eigenvalue weighted by Crippen LogP contribution is 2.30. The van der Waals surface area contributed by atoms with Gasteiger partial charge >= 0.3 is 12.1 Å². The predicted octanol–water partition coefficient (Wildman–Crippen LogP) is 2.44. The van der Waals surface area contributed by atoms with Gasteiger partial charge < -0.3 is 19.8 Å². The lowest BCUT2D eigenvalue weighted by Gasteiger charge is -2.28. The molecule has 0 aliphatic carbocycles. The van der Waals surface area contributed by atoms with Crippen molar-refractivity contribution in [3.8, 4) is 5.75 Å². The Bertz CT molecular complexity index is 1590. The number of hydrogen-bond acceptors (Lipinski definition) is 11. The van der Waals surface area contributed by atoms with Gasteiger partial charge in [0.2, 0.25) is 10.2 Å². The summed E-state index contributed by atoms with van der Waals surface area (Å²) >= 11 is 0.920. The summed E-state index contributed by atoms with van der Waals surface area (Å²) in [5, 5.41) is 8.22. The van der Waals surface area contributed by atoms with Crippen molar-refractivity contribution < 1.29 is 40.7 Å². The van der Waals surface area contributed by atoms with Crippen molar-refractivity contribution in [1.82, 2.24) is 25.4 Å². The minimum absolute atomic E-state index is 0.0689. The maximum atomic E-state index is 13.2. The van der Waals surface area contributed by atoms with Crippen LogP contribution in [0.1, 0.15) is 18.1 Å². The molecule has 3 N–H and O–H groups in total. The zero-order valence-corrected chi connectivity index (χ0v) is 24.1. The summed E-state index contributed by atoms with van der Waals surface area (Å²) in [7, 11) is -2.27. The van der Waals surface area contributed by atoms with Gasteiger partial charge in [0.1, 0.15) is 25.4 Å². The highest BCUT2D eigenvalue weighted by molar-refractivity contribution is 7.91. The lowest BCUT2D eigenvalue weighted by atomic mass is 10.1. The first-order valence-electron chi connectivity index (χ1n) is 12.4. The number of amides is 1. The quantitative estimate of drug-likeness (QED) is 0.304. The third-order valence-corrected chi connectivity index (χ3v) is 8.24. The van der Waals surface area contributed by atoms with Crippen LogP contribution in [0.25, 0.3) is 10.2 Å². The van der Waals surface area contributed by atoms with Crippen LogP contribution in [0, 0.1) is 0 Å². The molecule has 4 rings (SSSR count). The number of ether oxygens (including phenoxy) is 2. The van der Waals surface area contributed by atoms with E-state index in [1.807, 2.05) is 0 Å². The number of primary sulfonamides is 1. The number of alkyl halides is 3. The molecule has 1 aromatic heterocycles. The maximum absolute atomic E-state index is 13.2. The Morgan fingerprint density at radius 2 is 1.88 bits per heavy atom. The fourth-order valence-corrected chi connectivity index (χ4v) is 5.58. The largest absolute Gasteiger partial charge is 0.487 e. The predicted molar refractivity (Wildman–Crippen MR) is 146 cm³/mol. The minimum atomic E-state index is -4.49. The molecule has 0 saturated carbocycles. The Labute approximate surface area is 243 Å². The second-order valence-corrected chi connectivity index (χ2v) is 11.8. The standard InChI is InChI=1S/C25H27F3N6O6S2/c1-3-39-23(36)14-33(11-16-4-6-17(7-5-16)25(26,27)28)22(35)13-34-12-18(31-32(34)2)15-40-19-8-9-20-21(10-19)41-24(30-20)42(29,37)38/h4-10,12,31H,3,11,13-15H2,1-2H3,(H2,29,37,38). The van der Waals surface area contributed by atoms with Crippen LogP contribution >= 0.6 is 11.3 Å². The van der Waals surface area contributed by atoms with Gasteiger partial charge in [-0.25, -0.2) is 18.5 Å². The van der Waals surface area contributed by atoms with Crippen LogP contribution in [0.3, 0.4) is 0 Å². The van der Waals surface area contributed by atoms with Crippen LogP contribution in [0.2, 0.25) is 0 Å². The van der Waals surface area contributed by atoms with Crippen LogP contribution in [0.4, 0.5) is 13.2 Å². The molecule has 0 atom stereocenters. The molecular weight excluding hydrogens is 601 g/mol. The molecule has 0 bridgehead atoms. The summed E-state index contributed by atoms with van der Waals surface area (Å²) in [6.07, 6.45) is -2.87. The highest BCUT2D eigenvalue weighted by Gasteiger charge is 2.30. The Morgan fingerprint density at radius 1 is 1.17 bits per heavy atom. The van der Waals surface area contributed by atoms with E-state index in [4.69, 9.17) is 14.6 Å². The van der Waals surface area contributed by atoms with E-state index in [1.165, 1.54) is 27.2 Å². The lowest BCUT2D eigenvalue weighted by Crippen LogP contribution is -2.46. The molecule has 1 aliphatic heterocycles. The zero-order chi connectivity index (χ0) is 30.7. The van der Waals surface area contributed by atoms with Gasteiger partial charge in [0, 0.05) is 19.8 Å². The third-order valence-electron chi connectivity index (χ3n) is 5.90. The number of sulfonamides is 1. The highest BCUT2D eigenvalue weighted by atomic mass is 32.2. The normalized spacial score (nSPS) is 14.0. The van der Waals surface area contributed by atoms with E-state index in [1.54, 1.807) is 38.4 Å². The van der Waals surface area contributed by atoms with Crippen LogP contribution in [0.15, 0.2) is 58.7 Å². The van der Waals surface area contributed by atoms with Crippen molar-refractivity contribution in [1.29, 1.82) is 0 Å². The Morgan fingerprint density at radius 3 is 2.52 bits per heavy atom. The zero-order valence-electron chi connectivity index (χ0n) is 22.4. The molecule has 0 unspecified atom stereocenters. The van der Waals surface area contributed by atoms with E-state index in [0.717, 1.165) is 23.5 Å². The van der Waals surface area contributed by atoms with Crippen molar-refractivity contribution in [2.24, 2.45) is 5.14 Å². The van der Waals surface area contributed by atoms with E-state index in [9.17, 15) is 31.2 Å². The average Bonchev–Trinajstić information content (AvgIpc) is 3.50. The summed E-state index contributed by atoms with van der Waals surface area (Å²) in [6.45, 7) is 1.11. The minimum Gasteiger partial charge on any atom is -0.487 e. The molecular formula is C25H27F3N6O6S2. The number of nitrogens with zero attached hydrogens (tertiary/aromatic N) is 4. The molecule has 0 spiro atoms. The number of hydrazine groups is 2. The monoisotopic (exact) mass is 628 g/mol. The Hall–Kier alpha value is -3.93. The molecule has 1 amide bonds. The topological polar surface area (TPSA) is 147 Å². The summed E-state index contributed by atoms with van der Waals surface area (Å²) in [5.41, 5.74) is 3.66. The van der Waals surface area contributed by atoms with Gasteiger partial charge in [-0.05, 0) is 42.8 Å². The second kappa shape index (κ2) is 12.5. The molecule has 2 aromatic carbocycles. The molecule has 42 heavy (non-hydrogen) atoms. The number of nitrogens with two attached hydrogens (primary N) is 1. The summed E-state index contributed by atoms with van der Waals surface area (Å²) in [6, 6.07) is 9.22. The smallest absolute Gasteiger partial charge is 0.416 e. The first-order valence-corrected chi connectivity index (χ1v) is 14.7. The van der Waals surface area contributed by atoms with Crippen LogP contribution in [-0.2, 0) is 37.1 Å². The molecule has 3 aromatic rings. The number of hydrogen-bond donors (Lipinski definition) is 2. The van der Waals surface area contributed by atoms with Gasteiger partial charge in [-0.2, -0.15) is 13.2 Å². The molecule has 226 valence electrons. The number of aromatic nitrogens is 1. The number of thiazole rings is 1. The first-order chi connectivity index (χ1) is 19.7. The van der Waals surface area contributed by atoms with E-state index in [2.05, 4.69) is 10.4 Å². The number of nitrogens with one attached hydrogen (secondary N) is 1. The summed E-state index contributed by atoms with van der Waals surface area (Å²) < 4.78 is 73.1. The van der Waals surface area contributed by atoms with Gasteiger partial charge in [0.25, 0.3) is 10.0 Å². The fraction of sp³-hybridized carbons (Fsp3) is 0.320. The number of carbonyl (C=O) groups excluding carboxylic acids is 2. The van der Waals surface area contributed by atoms with Crippen molar-refractivity contribution in [2.45, 2.75) is 24.0 Å². The van der Waals surface area contributed by atoms with Gasteiger partial charge in [0.05, 0.1) is 28.1 Å². The van der Waals surface area contributed by atoms with E-state index < -0.39 is 33.6 Å². The second-order valence-electron chi connectivity index (χ2n) is 9.08. The Balaban J connectivity index is 1.41. The van der Waals surface area contributed by atoms with E-state index in [-0.39, 0.29) is 37.2 Å². The fourth-order valence-electron chi connectivity index (χ4n) is 3.90. The van der Waals surface area contributed by atoms with Crippen LogP contribution in [0.5, 0.6) is 5.75 Å². The molecule has 17 heteroatoms. The van der Waals surface area contributed by atoms with Crippen molar-refractivity contribution in [2.75, 3.05) is 33.4 Å². The van der Waals surface area contributed by atoms with Crippen molar-refractivity contribution >= 4 is 43.5 Å². The molecule has 0 fully saturated rings. The number of carbonyl (C=O) groups is 2. The molecule has 1 aliphatic rings. The van der Waals surface area contributed by atoms with Gasteiger partial charge in [0.15, 0.2) is 0 Å². The maximum Gasteiger partial charge on any atom is 0.416 e. The molecule has 0 radical (unpaired) electrons. The molecule has 2 heterocycles. The van der Waals surface area contributed by atoms with Crippen molar-refractivity contribution in [3.05, 3.63) is 65.5 Å². The number of fused-ring (bicyclic) bond motifs is 1. The third kappa shape index (κ3) is 7.87. The van der Waals surface area contributed by atoms with Crippen LogP contribution in [-0.4, -0.2) is 73.7 Å². The van der Waals surface area contributed by atoms with E-state index in [0.29, 0.717) is 27.2 Å². The molecule has 12 nitrogen and oxygen atoms in total. The SMILES string of the molecule is CCOC(=O)CN(Cc1ccc(C(F)(F)F)cc1)C(=O)CN1C=C(COc2ccc3nc(S(N)(=O)=O)sc3c2)NN1C. The summed E-state index contributed by atoms with van der Waals surface area (Å²) in [5.74, 6) is -0.676. The Kier molecular flexibility index (Phi) is 9.24.